The molecule has 0 aliphatic rings. The number of nitriles is 1. The molecule has 336 valence electrons. The van der Waals surface area contributed by atoms with Crippen molar-refractivity contribution < 1.29 is 36.0 Å². The van der Waals surface area contributed by atoms with E-state index in [0.717, 1.165) is 11.3 Å². The molecule has 0 aliphatic heterocycles. The Kier molecular flexibility index (Phi) is 16.9. The van der Waals surface area contributed by atoms with Crippen LogP contribution in [0.3, 0.4) is 0 Å². The van der Waals surface area contributed by atoms with Crippen LogP contribution >= 0.6 is 11.3 Å². The van der Waals surface area contributed by atoms with Gasteiger partial charge in [-0.05, 0) is 91.6 Å². The molecule has 19 heteroatoms. The minimum absolute atomic E-state index is 0.0109. The number of rotatable bonds is 21. The highest BCUT2D eigenvalue weighted by Gasteiger charge is 2.32. The van der Waals surface area contributed by atoms with Gasteiger partial charge in [-0.15, -0.1) is 11.3 Å². The molecule has 1 heterocycles. The predicted octanol–water partition coefficient (Wildman–Crippen LogP) is 4.15. The monoisotopic (exact) mass is 926 g/mol. The first-order valence-electron chi connectivity index (χ1n) is 20.1. The van der Waals surface area contributed by atoms with Crippen LogP contribution < -0.4 is 30.5 Å². The normalized spacial score (nSPS) is 13.2. The van der Waals surface area contributed by atoms with Gasteiger partial charge in [0.05, 0.1) is 35.4 Å². The van der Waals surface area contributed by atoms with Gasteiger partial charge >= 0.3 is 0 Å². The Balaban J connectivity index is 1.37. The average molecular weight is 927 g/mol. The van der Waals surface area contributed by atoms with E-state index in [1.807, 2.05) is 6.07 Å². The lowest BCUT2D eigenvalue weighted by Gasteiger charge is -2.25. The number of ether oxygens (including phenoxy) is 1. The van der Waals surface area contributed by atoms with E-state index in [4.69, 9.17) is 10.5 Å². The number of hydrogen-bond acceptors (Lipinski definition) is 12. The summed E-state index contributed by atoms with van der Waals surface area (Å²) in [6.45, 7) is 5.01. The highest BCUT2D eigenvalue weighted by molar-refractivity contribution is 7.90. The van der Waals surface area contributed by atoms with Gasteiger partial charge in [-0.25, -0.2) is 31.3 Å². The number of aliphatic imine (C=N–C) groups is 1. The molecule has 0 saturated carbocycles. The zero-order valence-electron chi connectivity index (χ0n) is 35.7. The third-order valence-corrected chi connectivity index (χ3v) is 14.0. The van der Waals surface area contributed by atoms with Crippen molar-refractivity contribution in [3.8, 4) is 11.8 Å². The fourth-order valence-electron chi connectivity index (χ4n) is 6.92. The number of carbonyl (C=O) groups excluding carboxylic acids is 3. The number of nitrogens with two attached hydrogens (primary N) is 1. The molecular formula is C45H50N8O8S3. The van der Waals surface area contributed by atoms with E-state index in [2.05, 4.69) is 30.1 Å². The number of hydrogen-bond donors (Lipinski definition) is 5. The number of nitrogens with one attached hydrogen (secondary N) is 4. The lowest BCUT2D eigenvalue weighted by atomic mass is 10.0. The summed E-state index contributed by atoms with van der Waals surface area (Å²) in [7, 11) is -6.73. The molecule has 3 atom stereocenters. The topological polar surface area (TPSA) is 252 Å². The van der Waals surface area contributed by atoms with E-state index in [-0.39, 0.29) is 48.1 Å². The maximum absolute atomic E-state index is 14.3. The van der Waals surface area contributed by atoms with Crippen LogP contribution in [0.4, 0.5) is 0 Å². The molecule has 4 aromatic carbocycles. The summed E-state index contributed by atoms with van der Waals surface area (Å²) >= 11 is 1.07. The Morgan fingerprint density at radius 1 is 0.828 bits per heavy atom. The third kappa shape index (κ3) is 13.5. The standard InChI is InChI=1S/C45H50N8O8S3/c1-29-24-39(61-4)30(2)31(3)41(29)64(59,60)53-45(47)49-21-11-16-36(40(54)44-48-22-23-62-44)50-42(55)37(25-33-17-19-34(27-46)20-18-33)51-43(56)38(26-32-12-7-5-8-13-32)52-63(57,58)28-35-14-9-6-10-15-35/h5-10,12-15,17-20,22-24,36-38,52H,11,16,21,25-26,28H2,1-4H3,(H,50,55)(H,51,56)(H3,47,49,53)/t36-,37-,38+/m0/s1. The SMILES string of the molecule is COc1cc(C)c(S(=O)(=O)NC(N)=NCCC[C@H](NC(=O)[C@H](Cc2ccc(C#N)cc2)NC(=O)[C@@H](Cc2ccccc2)NS(=O)(=O)Cc2ccccc2)C(=O)c2nccs2)c(C)c1C. The van der Waals surface area contributed by atoms with Crippen molar-refractivity contribution >= 4 is 54.9 Å². The highest BCUT2D eigenvalue weighted by Crippen LogP contribution is 2.30. The molecule has 64 heavy (non-hydrogen) atoms. The average Bonchev–Trinajstić information content (AvgIpc) is 3.81. The Hall–Kier alpha value is -6.46. The quantitative estimate of drug-likeness (QED) is 0.0303. The Morgan fingerprint density at radius 3 is 2.03 bits per heavy atom. The number of amides is 2. The molecule has 0 fully saturated rings. The van der Waals surface area contributed by atoms with Gasteiger partial charge in [-0.1, -0.05) is 72.8 Å². The van der Waals surface area contributed by atoms with Gasteiger partial charge in [0, 0.05) is 24.5 Å². The van der Waals surface area contributed by atoms with E-state index in [9.17, 15) is 36.5 Å². The third-order valence-electron chi connectivity index (χ3n) is 10.2. The van der Waals surface area contributed by atoms with Crippen LogP contribution in [0.1, 0.15) is 61.6 Å². The van der Waals surface area contributed by atoms with Crippen molar-refractivity contribution in [3.05, 3.63) is 147 Å². The largest absolute Gasteiger partial charge is 0.496 e. The van der Waals surface area contributed by atoms with Crippen molar-refractivity contribution in [2.24, 2.45) is 10.7 Å². The van der Waals surface area contributed by atoms with Crippen molar-refractivity contribution in [1.82, 2.24) is 25.1 Å². The molecule has 0 aliphatic carbocycles. The minimum Gasteiger partial charge on any atom is -0.496 e. The first-order chi connectivity index (χ1) is 30.5. The second-order valence-electron chi connectivity index (χ2n) is 14.9. The van der Waals surface area contributed by atoms with Gasteiger partial charge in [0.25, 0.3) is 10.0 Å². The number of benzene rings is 4. The molecule has 5 rings (SSSR count). The van der Waals surface area contributed by atoms with Crippen LogP contribution in [0, 0.1) is 32.1 Å². The molecule has 6 N–H and O–H groups in total. The Morgan fingerprint density at radius 2 is 1.42 bits per heavy atom. The molecule has 2 amide bonds. The maximum atomic E-state index is 14.3. The molecular weight excluding hydrogens is 877 g/mol. The van der Waals surface area contributed by atoms with Crippen LogP contribution in [0.2, 0.25) is 0 Å². The van der Waals surface area contributed by atoms with Crippen LogP contribution in [-0.4, -0.2) is 77.2 Å². The highest BCUT2D eigenvalue weighted by atomic mass is 32.2. The number of aryl methyl sites for hydroxylation is 1. The second-order valence-corrected chi connectivity index (χ2v) is 19.2. The molecule has 0 saturated heterocycles. The summed E-state index contributed by atoms with van der Waals surface area (Å²) in [4.78, 5) is 50.7. The van der Waals surface area contributed by atoms with E-state index in [1.165, 1.54) is 13.3 Å². The van der Waals surface area contributed by atoms with Gasteiger partial charge < -0.3 is 21.1 Å². The summed E-state index contributed by atoms with van der Waals surface area (Å²) in [6.07, 6.45) is 1.47. The summed E-state index contributed by atoms with van der Waals surface area (Å²) in [5.41, 5.74) is 9.73. The Labute approximate surface area is 377 Å². The number of thiazole rings is 1. The molecule has 16 nitrogen and oxygen atoms in total. The maximum Gasteiger partial charge on any atom is 0.264 e. The van der Waals surface area contributed by atoms with E-state index < -0.39 is 61.5 Å². The van der Waals surface area contributed by atoms with Crippen LogP contribution in [0.25, 0.3) is 0 Å². The van der Waals surface area contributed by atoms with Gasteiger partial charge in [-0.2, -0.15) is 5.26 Å². The number of guanidine groups is 1. The van der Waals surface area contributed by atoms with E-state index in [0.29, 0.717) is 44.7 Å². The number of Topliss-reactive ketones (excluding diaryl/α,β-unsaturated/α-hetero) is 1. The minimum atomic E-state index is -4.15. The van der Waals surface area contributed by atoms with Gasteiger partial charge in [-0.3, -0.25) is 19.4 Å². The lowest BCUT2D eigenvalue weighted by Crippen LogP contribution is -2.57. The fraction of sp³-hybridized carbons (Fsp3) is 0.289. The summed E-state index contributed by atoms with van der Waals surface area (Å²) in [6, 6.07) is 23.5. The fourth-order valence-corrected chi connectivity index (χ4v) is 10.4. The number of carbonyl (C=O) groups is 3. The second kappa shape index (κ2) is 22.2. The van der Waals surface area contributed by atoms with Crippen LogP contribution in [0.5, 0.6) is 5.75 Å². The number of nitrogens with zero attached hydrogens (tertiary/aromatic N) is 3. The zero-order valence-corrected chi connectivity index (χ0v) is 38.1. The zero-order chi connectivity index (χ0) is 46.4. The van der Waals surface area contributed by atoms with Crippen LogP contribution in [-0.2, 0) is 48.2 Å². The smallest absolute Gasteiger partial charge is 0.264 e. The number of ketones is 1. The molecule has 0 unspecified atom stereocenters. The van der Waals surface area contributed by atoms with Crippen molar-refractivity contribution in [3.63, 3.8) is 0 Å². The molecule has 1 aromatic heterocycles. The number of sulfonamides is 2. The molecule has 0 bridgehead atoms. The van der Waals surface area contributed by atoms with E-state index in [1.54, 1.807) is 117 Å². The van der Waals surface area contributed by atoms with Crippen molar-refractivity contribution in [2.75, 3.05) is 13.7 Å². The first-order valence-corrected chi connectivity index (χ1v) is 24.1. The summed E-state index contributed by atoms with van der Waals surface area (Å²) in [5, 5.41) is 16.6. The summed E-state index contributed by atoms with van der Waals surface area (Å²) < 4.78 is 64.0. The van der Waals surface area contributed by atoms with Crippen molar-refractivity contribution in [1.29, 1.82) is 5.26 Å². The molecule has 5 aromatic rings. The van der Waals surface area contributed by atoms with Gasteiger partial charge in [0.1, 0.15) is 17.8 Å². The number of aromatic nitrogens is 1. The van der Waals surface area contributed by atoms with E-state index >= 15 is 0 Å². The molecule has 0 spiro atoms. The first kappa shape index (κ1) is 48.6. The predicted molar refractivity (Wildman–Crippen MR) is 245 cm³/mol. The number of methoxy groups -OCH3 is 1. The van der Waals surface area contributed by atoms with Gasteiger partial charge in [0.2, 0.25) is 33.6 Å². The van der Waals surface area contributed by atoms with Gasteiger partial charge in [0.15, 0.2) is 5.01 Å². The molecule has 0 radical (unpaired) electrons. The van der Waals surface area contributed by atoms with Crippen molar-refractivity contribution in [2.45, 2.75) is 75.2 Å². The lowest BCUT2D eigenvalue weighted by molar-refractivity contribution is -0.130. The summed E-state index contributed by atoms with van der Waals surface area (Å²) in [5.74, 6) is -2.30. The van der Waals surface area contributed by atoms with Crippen LogP contribution in [0.15, 0.2) is 112 Å². The Bertz CT molecular complexity index is 2710.